The molecule has 178 valence electrons. The SMILES string of the molecule is CC1CCc2c(sc3nc(CN4CCOCC4)nc(Oc4ccc5oc6ccccc6c5c4)c23)C1. The van der Waals surface area contributed by atoms with Gasteiger partial charge in [0, 0.05) is 28.7 Å². The summed E-state index contributed by atoms with van der Waals surface area (Å²) in [6.07, 6.45) is 3.37. The molecule has 0 saturated carbocycles. The lowest BCUT2D eigenvalue weighted by Crippen LogP contribution is -2.36. The fourth-order valence-electron chi connectivity index (χ4n) is 5.34. The van der Waals surface area contributed by atoms with Gasteiger partial charge in [0.1, 0.15) is 27.6 Å². The molecule has 0 bridgehead atoms. The van der Waals surface area contributed by atoms with Crippen LogP contribution in [0.2, 0.25) is 0 Å². The summed E-state index contributed by atoms with van der Waals surface area (Å²) in [7, 11) is 0. The highest BCUT2D eigenvalue weighted by atomic mass is 32.1. The molecule has 6 nitrogen and oxygen atoms in total. The Kier molecular flexibility index (Phi) is 5.23. The number of thiophene rings is 1. The third-order valence-corrected chi connectivity index (χ3v) is 8.35. The minimum atomic E-state index is 0.678. The molecule has 1 unspecified atom stereocenters. The van der Waals surface area contributed by atoms with E-state index in [2.05, 4.69) is 24.0 Å². The third-order valence-electron chi connectivity index (χ3n) is 7.20. The first-order valence-electron chi connectivity index (χ1n) is 12.4. The Bertz CT molecular complexity index is 1550. The van der Waals surface area contributed by atoms with Crippen molar-refractivity contribution in [2.75, 3.05) is 26.3 Å². The zero-order chi connectivity index (χ0) is 23.4. The van der Waals surface area contributed by atoms with Gasteiger partial charge in [-0.05, 0) is 55.0 Å². The molecule has 0 radical (unpaired) electrons. The van der Waals surface area contributed by atoms with Crippen LogP contribution >= 0.6 is 11.3 Å². The summed E-state index contributed by atoms with van der Waals surface area (Å²) < 4.78 is 18.1. The van der Waals surface area contributed by atoms with Gasteiger partial charge in [-0.2, -0.15) is 4.98 Å². The van der Waals surface area contributed by atoms with Crippen molar-refractivity contribution in [2.24, 2.45) is 5.92 Å². The van der Waals surface area contributed by atoms with Crippen LogP contribution in [-0.2, 0) is 24.1 Å². The van der Waals surface area contributed by atoms with Crippen molar-refractivity contribution in [3.63, 3.8) is 0 Å². The fourth-order valence-corrected chi connectivity index (χ4v) is 6.73. The van der Waals surface area contributed by atoms with E-state index >= 15 is 0 Å². The van der Waals surface area contributed by atoms with Crippen LogP contribution in [0.5, 0.6) is 11.6 Å². The van der Waals surface area contributed by atoms with E-state index in [9.17, 15) is 0 Å². The maximum absolute atomic E-state index is 6.57. The number of rotatable bonds is 4. The summed E-state index contributed by atoms with van der Waals surface area (Å²) in [5.41, 5.74) is 3.13. The number of nitrogens with zero attached hydrogens (tertiary/aromatic N) is 3. The van der Waals surface area contributed by atoms with Crippen LogP contribution in [0.25, 0.3) is 32.2 Å². The zero-order valence-corrected chi connectivity index (χ0v) is 20.6. The van der Waals surface area contributed by atoms with E-state index in [0.29, 0.717) is 18.3 Å². The van der Waals surface area contributed by atoms with Gasteiger partial charge in [-0.15, -0.1) is 11.3 Å². The Balaban J connectivity index is 1.32. The highest BCUT2D eigenvalue weighted by Crippen LogP contribution is 2.42. The van der Waals surface area contributed by atoms with Gasteiger partial charge in [-0.1, -0.05) is 25.1 Å². The van der Waals surface area contributed by atoms with Gasteiger partial charge in [0.15, 0.2) is 0 Å². The number of hydrogen-bond acceptors (Lipinski definition) is 7. The van der Waals surface area contributed by atoms with E-state index in [1.807, 2.05) is 41.7 Å². The molecule has 7 rings (SSSR count). The highest BCUT2D eigenvalue weighted by molar-refractivity contribution is 7.18. The predicted octanol–water partition coefficient (Wildman–Crippen LogP) is 6.34. The highest BCUT2D eigenvalue weighted by Gasteiger charge is 2.25. The van der Waals surface area contributed by atoms with Gasteiger partial charge < -0.3 is 13.9 Å². The summed E-state index contributed by atoms with van der Waals surface area (Å²) in [5.74, 6) is 2.97. The lowest BCUT2D eigenvalue weighted by atomic mass is 9.89. The molecule has 2 aliphatic rings. The van der Waals surface area contributed by atoms with E-state index in [0.717, 1.165) is 82.9 Å². The van der Waals surface area contributed by atoms with Crippen molar-refractivity contribution < 1.29 is 13.9 Å². The summed E-state index contributed by atoms with van der Waals surface area (Å²) >= 11 is 1.82. The predicted molar refractivity (Wildman–Crippen MR) is 138 cm³/mol. The zero-order valence-electron chi connectivity index (χ0n) is 19.8. The van der Waals surface area contributed by atoms with Gasteiger partial charge in [0.25, 0.3) is 0 Å². The van der Waals surface area contributed by atoms with Crippen LogP contribution in [0, 0.1) is 5.92 Å². The minimum absolute atomic E-state index is 0.678. The maximum atomic E-state index is 6.57. The lowest BCUT2D eigenvalue weighted by molar-refractivity contribution is 0.0330. The normalized spacial score (nSPS) is 18.9. The molecule has 1 aliphatic heterocycles. The number of hydrogen-bond donors (Lipinski definition) is 0. The topological polar surface area (TPSA) is 60.6 Å². The smallest absolute Gasteiger partial charge is 0.231 e. The third kappa shape index (κ3) is 3.88. The molecular weight excluding hydrogens is 458 g/mol. The molecule has 3 aromatic heterocycles. The molecule has 1 fully saturated rings. The number of aromatic nitrogens is 2. The number of fused-ring (bicyclic) bond motifs is 6. The molecule has 1 atom stereocenters. The largest absolute Gasteiger partial charge is 0.456 e. The molecule has 0 spiro atoms. The van der Waals surface area contributed by atoms with E-state index in [1.54, 1.807) is 0 Å². The van der Waals surface area contributed by atoms with Crippen molar-refractivity contribution in [1.29, 1.82) is 0 Å². The van der Waals surface area contributed by atoms with Crippen LogP contribution in [0.15, 0.2) is 46.9 Å². The summed E-state index contributed by atoms with van der Waals surface area (Å²) in [5, 5.41) is 3.24. The Morgan fingerprint density at radius 3 is 2.83 bits per heavy atom. The van der Waals surface area contributed by atoms with Gasteiger partial charge in [0.05, 0.1) is 25.1 Å². The monoisotopic (exact) mass is 485 g/mol. The summed E-state index contributed by atoms with van der Waals surface area (Å²) in [6.45, 7) is 6.37. The average molecular weight is 486 g/mol. The van der Waals surface area contributed by atoms with E-state index in [4.69, 9.17) is 23.9 Å². The molecule has 1 aliphatic carbocycles. The number of benzene rings is 2. The van der Waals surface area contributed by atoms with Crippen LogP contribution in [0.4, 0.5) is 0 Å². The second-order valence-corrected chi connectivity index (χ2v) is 10.8. The second-order valence-electron chi connectivity index (χ2n) is 9.72. The average Bonchev–Trinajstić information content (AvgIpc) is 3.42. The molecule has 5 aromatic rings. The van der Waals surface area contributed by atoms with Crippen molar-refractivity contribution in [2.45, 2.75) is 32.7 Å². The Morgan fingerprint density at radius 2 is 1.91 bits per heavy atom. The number of furan rings is 1. The summed E-state index contributed by atoms with van der Waals surface area (Å²) in [4.78, 5) is 14.8. The van der Waals surface area contributed by atoms with E-state index < -0.39 is 0 Å². The van der Waals surface area contributed by atoms with E-state index in [1.165, 1.54) is 16.9 Å². The summed E-state index contributed by atoms with van der Waals surface area (Å²) in [6, 6.07) is 14.2. The Hall–Kier alpha value is -3.00. The quantitative estimate of drug-likeness (QED) is 0.296. The fraction of sp³-hybridized carbons (Fsp3) is 0.357. The molecule has 1 saturated heterocycles. The first-order valence-corrected chi connectivity index (χ1v) is 13.2. The van der Waals surface area contributed by atoms with Gasteiger partial charge in [-0.25, -0.2) is 4.98 Å². The van der Waals surface area contributed by atoms with E-state index in [-0.39, 0.29) is 0 Å². The molecular formula is C28H27N3O3S. The minimum Gasteiger partial charge on any atom is -0.456 e. The molecule has 2 aromatic carbocycles. The van der Waals surface area contributed by atoms with Gasteiger partial charge in [-0.3, -0.25) is 4.90 Å². The molecule has 7 heteroatoms. The second kappa shape index (κ2) is 8.59. The van der Waals surface area contributed by atoms with Crippen LogP contribution in [0.3, 0.4) is 0 Å². The first kappa shape index (κ1) is 21.3. The molecule has 0 amide bonds. The van der Waals surface area contributed by atoms with Crippen molar-refractivity contribution in [3.8, 4) is 11.6 Å². The number of ether oxygens (including phenoxy) is 2. The van der Waals surface area contributed by atoms with Crippen molar-refractivity contribution in [1.82, 2.24) is 14.9 Å². The number of para-hydroxylation sites is 1. The maximum Gasteiger partial charge on any atom is 0.231 e. The lowest BCUT2D eigenvalue weighted by Gasteiger charge is -2.25. The van der Waals surface area contributed by atoms with Crippen LogP contribution in [0.1, 0.15) is 29.6 Å². The van der Waals surface area contributed by atoms with Crippen LogP contribution < -0.4 is 4.74 Å². The standard InChI is InChI=1S/C28H27N3O3S/c1-17-6-8-20-24(14-17)35-28-26(20)27(29-25(30-28)16-31-10-12-32-13-11-31)33-18-7-9-23-21(15-18)19-4-2-3-5-22(19)34-23/h2-5,7,9,15,17H,6,8,10-14,16H2,1H3. The Labute approximate surface area is 207 Å². The first-order chi connectivity index (χ1) is 17.2. The molecule has 0 N–H and O–H groups in total. The van der Waals surface area contributed by atoms with Gasteiger partial charge in [0.2, 0.25) is 5.88 Å². The Morgan fingerprint density at radius 1 is 1.06 bits per heavy atom. The van der Waals surface area contributed by atoms with Crippen LogP contribution in [-0.4, -0.2) is 41.2 Å². The molecule has 35 heavy (non-hydrogen) atoms. The number of aryl methyl sites for hydroxylation is 1. The molecule has 4 heterocycles. The van der Waals surface area contributed by atoms with Gasteiger partial charge >= 0.3 is 0 Å². The van der Waals surface area contributed by atoms with Crippen molar-refractivity contribution >= 4 is 43.5 Å². The number of morpholine rings is 1. The van der Waals surface area contributed by atoms with Crippen molar-refractivity contribution in [3.05, 3.63) is 58.7 Å².